The lowest BCUT2D eigenvalue weighted by molar-refractivity contribution is -0.148. The molecule has 2 rings (SSSR count). The van der Waals surface area contributed by atoms with Gasteiger partial charge in [0.15, 0.2) is 0 Å². The molecular formula is C19H18F3NO3. The van der Waals surface area contributed by atoms with E-state index in [1.165, 1.54) is 0 Å². The van der Waals surface area contributed by atoms with Crippen molar-refractivity contribution in [1.29, 1.82) is 0 Å². The Labute approximate surface area is 148 Å². The molecular weight excluding hydrogens is 347 g/mol. The van der Waals surface area contributed by atoms with Crippen molar-refractivity contribution < 1.29 is 27.9 Å². The maximum absolute atomic E-state index is 14.3. The summed E-state index contributed by atoms with van der Waals surface area (Å²) < 4.78 is 41.6. The topological polar surface area (TPSA) is 66.4 Å². The lowest BCUT2D eigenvalue weighted by Gasteiger charge is -2.22. The Balaban J connectivity index is 2.13. The number of carbonyl (C=O) groups is 2. The van der Waals surface area contributed by atoms with Crippen molar-refractivity contribution >= 4 is 11.9 Å². The third-order valence-electron chi connectivity index (χ3n) is 3.86. The number of hydrogen-bond acceptors (Lipinski definition) is 2. The average molecular weight is 365 g/mol. The number of carboxylic acids is 1. The van der Waals surface area contributed by atoms with Crippen LogP contribution < -0.4 is 5.32 Å². The van der Waals surface area contributed by atoms with Crippen molar-refractivity contribution in [1.82, 2.24) is 5.32 Å². The standard InChI is InChI=1S/C19H18F3NO3/c20-15-8-6-14(7-9-15)19(21,22)18(26)23-16(10-11-17(24)25)12-13-4-2-1-3-5-13/h1-9,16H,10-12H2,(H,23,26)(H,24,25). The second kappa shape index (κ2) is 8.51. The van der Waals surface area contributed by atoms with E-state index < -0.39 is 35.2 Å². The lowest BCUT2D eigenvalue weighted by Crippen LogP contribution is -2.45. The van der Waals surface area contributed by atoms with Crippen LogP contribution in [0.1, 0.15) is 24.0 Å². The van der Waals surface area contributed by atoms with Gasteiger partial charge in [0.05, 0.1) is 0 Å². The van der Waals surface area contributed by atoms with E-state index in [1.54, 1.807) is 30.3 Å². The van der Waals surface area contributed by atoms with Gasteiger partial charge >= 0.3 is 11.9 Å². The summed E-state index contributed by atoms with van der Waals surface area (Å²) in [6, 6.07) is 11.5. The first-order valence-corrected chi connectivity index (χ1v) is 7.99. The smallest absolute Gasteiger partial charge is 0.349 e. The highest BCUT2D eigenvalue weighted by molar-refractivity contribution is 5.85. The number of alkyl halides is 2. The molecule has 2 N–H and O–H groups in total. The van der Waals surface area contributed by atoms with Crippen LogP contribution >= 0.6 is 0 Å². The highest BCUT2D eigenvalue weighted by atomic mass is 19.3. The number of amides is 1. The number of benzene rings is 2. The summed E-state index contributed by atoms with van der Waals surface area (Å²) in [5, 5.41) is 11.1. The van der Waals surface area contributed by atoms with Gasteiger partial charge in [-0.15, -0.1) is 0 Å². The molecule has 0 saturated carbocycles. The quantitative estimate of drug-likeness (QED) is 0.752. The van der Waals surface area contributed by atoms with Gasteiger partial charge in [0.1, 0.15) is 5.82 Å². The summed E-state index contributed by atoms with van der Waals surface area (Å²) in [7, 11) is 0. The molecule has 1 amide bonds. The third-order valence-corrected chi connectivity index (χ3v) is 3.86. The fourth-order valence-corrected chi connectivity index (χ4v) is 2.49. The summed E-state index contributed by atoms with van der Waals surface area (Å²) in [5.41, 5.74) is 0.154. The van der Waals surface area contributed by atoms with E-state index >= 15 is 0 Å². The molecule has 0 spiro atoms. The first kappa shape index (κ1) is 19.5. The zero-order chi connectivity index (χ0) is 19.2. The first-order chi connectivity index (χ1) is 12.3. The van der Waals surface area contributed by atoms with Gasteiger partial charge in [-0.3, -0.25) is 9.59 Å². The largest absolute Gasteiger partial charge is 0.481 e. The Morgan fingerprint density at radius 1 is 1.04 bits per heavy atom. The van der Waals surface area contributed by atoms with E-state index in [-0.39, 0.29) is 19.3 Å². The van der Waals surface area contributed by atoms with E-state index in [9.17, 15) is 22.8 Å². The Hall–Kier alpha value is -2.83. The molecule has 0 aliphatic heterocycles. The number of rotatable bonds is 8. The molecule has 0 aromatic heterocycles. The second-order valence-electron chi connectivity index (χ2n) is 5.87. The Bertz CT molecular complexity index is 748. The van der Waals surface area contributed by atoms with Crippen LogP contribution in [0.5, 0.6) is 0 Å². The minimum absolute atomic E-state index is 0.00939. The van der Waals surface area contributed by atoms with E-state index in [4.69, 9.17) is 5.11 Å². The van der Waals surface area contributed by atoms with Crippen LogP contribution in [0.3, 0.4) is 0 Å². The van der Waals surface area contributed by atoms with Crippen LogP contribution in [-0.4, -0.2) is 23.0 Å². The molecule has 2 aromatic carbocycles. The number of aliphatic carboxylic acids is 1. The van der Waals surface area contributed by atoms with E-state index in [0.717, 1.165) is 29.8 Å². The average Bonchev–Trinajstić information content (AvgIpc) is 2.60. The SMILES string of the molecule is O=C(O)CCC(Cc1ccccc1)NC(=O)C(F)(F)c1ccc(F)cc1. The van der Waals surface area contributed by atoms with Gasteiger partial charge in [-0.2, -0.15) is 8.78 Å². The number of hydrogen-bond donors (Lipinski definition) is 2. The third kappa shape index (κ3) is 5.34. The fourth-order valence-electron chi connectivity index (χ4n) is 2.49. The zero-order valence-electron chi connectivity index (χ0n) is 13.8. The minimum atomic E-state index is -3.86. The molecule has 26 heavy (non-hydrogen) atoms. The van der Waals surface area contributed by atoms with Crippen molar-refractivity contribution in [3.8, 4) is 0 Å². The van der Waals surface area contributed by atoms with Crippen LogP contribution in [0.2, 0.25) is 0 Å². The van der Waals surface area contributed by atoms with Gasteiger partial charge in [-0.1, -0.05) is 30.3 Å². The molecule has 7 heteroatoms. The molecule has 0 bridgehead atoms. The summed E-state index contributed by atoms with van der Waals surface area (Å²) in [4.78, 5) is 22.9. The van der Waals surface area contributed by atoms with Crippen molar-refractivity contribution in [2.75, 3.05) is 0 Å². The Kier molecular flexibility index (Phi) is 6.38. The minimum Gasteiger partial charge on any atom is -0.481 e. The summed E-state index contributed by atoms with van der Waals surface area (Å²) in [6.07, 6.45) is -0.0330. The predicted octanol–water partition coefficient (Wildman–Crippen LogP) is 3.51. The molecule has 0 saturated heterocycles. The maximum Gasteiger partial charge on any atom is 0.349 e. The van der Waals surface area contributed by atoms with Crippen LogP contribution in [0, 0.1) is 5.82 Å². The van der Waals surface area contributed by atoms with Crippen molar-refractivity contribution in [2.24, 2.45) is 0 Å². The Morgan fingerprint density at radius 3 is 2.23 bits per heavy atom. The molecule has 2 aromatic rings. The molecule has 0 radical (unpaired) electrons. The zero-order valence-corrected chi connectivity index (χ0v) is 13.8. The fraction of sp³-hybridized carbons (Fsp3) is 0.263. The predicted molar refractivity (Wildman–Crippen MR) is 89.2 cm³/mol. The van der Waals surface area contributed by atoms with Gasteiger partial charge in [0.25, 0.3) is 5.91 Å². The van der Waals surface area contributed by atoms with Crippen LogP contribution in [0.4, 0.5) is 13.2 Å². The normalized spacial score (nSPS) is 12.4. The molecule has 0 aliphatic carbocycles. The van der Waals surface area contributed by atoms with E-state index in [2.05, 4.69) is 5.32 Å². The van der Waals surface area contributed by atoms with Crippen molar-refractivity contribution in [2.45, 2.75) is 31.2 Å². The Morgan fingerprint density at radius 2 is 1.65 bits per heavy atom. The molecule has 0 fully saturated rings. The molecule has 4 nitrogen and oxygen atoms in total. The molecule has 0 heterocycles. The lowest BCUT2D eigenvalue weighted by atomic mass is 10.0. The molecule has 1 unspecified atom stereocenters. The van der Waals surface area contributed by atoms with Gasteiger partial charge in [0, 0.05) is 18.0 Å². The van der Waals surface area contributed by atoms with E-state index in [1.807, 2.05) is 0 Å². The summed E-state index contributed by atoms with van der Waals surface area (Å²) in [6.45, 7) is 0. The van der Waals surface area contributed by atoms with Gasteiger partial charge in [-0.25, -0.2) is 4.39 Å². The van der Waals surface area contributed by atoms with Gasteiger partial charge in [-0.05, 0) is 42.7 Å². The number of carboxylic acid groups (broad SMARTS) is 1. The number of nitrogens with one attached hydrogen (secondary N) is 1. The van der Waals surface area contributed by atoms with E-state index in [0.29, 0.717) is 0 Å². The van der Waals surface area contributed by atoms with Gasteiger partial charge in [0.2, 0.25) is 0 Å². The van der Waals surface area contributed by atoms with Crippen molar-refractivity contribution in [3.05, 3.63) is 71.5 Å². The van der Waals surface area contributed by atoms with Crippen LogP contribution in [-0.2, 0) is 21.9 Å². The van der Waals surface area contributed by atoms with Gasteiger partial charge < -0.3 is 10.4 Å². The summed E-state index contributed by atoms with van der Waals surface area (Å²) in [5.74, 6) is -7.17. The second-order valence-corrected chi connectivity index (χ2v) is 5.87. The number of halogens is 3. The maximum atomic E-state index is 14.3. The molecule has 0 aliphatic rings. The highest BCUT2D eigenvalue weighted by Gasteiger charge is 2.41. The summed E-state index contributed by atoms with van der Waals surface area (Å²) >= 11 is 0. The monoisotopic (exact) mass is 365 g/mol. The number of carbonyl (C=O) groups excluding carboxylic acids is 1. The molecule has 1 atom stereocenters. The first-order valence-electron chi connectivity index (χ1n) is 7.99. The highest BCUT2D eigenvalue weighted by Crippen LogP contribution is 2.28. The van der Waals surface area contributed by atoms with Crippen LogP contribution in [0.15, 0.2) is 54.6 Å². The molecule has 138 valence electrons. The van der Waals surface area contributed by atoms with Crippen molar-refractivity contribution in [3.63, 3.8) is 0 Å². The van der Waals surface area contributed by atoms with Crippen LogP contribution in [0.25, 0.3) is 0 Å².